The van der Waals surface area contributed by atoms with E-state index in [2.05, 4.69) is 10.6 Å². The van der Waals surface area contributed by atoms with Gasteiger partial charge in [0.15, 0.2) is 0 Å². The van der Waals surface area contributed by atoms with E-state index in [1.165, 1.54) is 24.8 Å². The Morgan fingerprint density at radius 3 is 2.81 bits per heavy atom. The van der Waals surface area contributed by atoms with Gasteiger partial charge < -0.3 is 15.4 Å². The van der Waals surface area contributed by atoms with Gasteiger partial charge in [0.25, 0.3) is 0 Å². The van der Waals surface area contributed by atoms with E-state index in [-0.39, 0.29) is 5.91 Å². The van der Waals surface area contributed by atoms with E-state index in [0.717, 1.165) is 31.7 Å². The van der Waals surface area contributed by atoms with Crippen LogP contribution in [-0.4, -0.2) is 32.1 Å². The Labute approximate surface area is 127 Å². The summed E-state index contributed by atoms with van der Waals surface area (Å²) in [7, 11) is 1.66. The van der Waals surface area contributed by atoms with Crippen LogP contribution in [0.25, 0.3) is 0 Å². The van der Waals surface area contributed by atoms with Gasteiger partial charge in [-0.05, 0) is 49.9 Å². The average Bonchev–Trinajstić information content (AvgIpc) is 2.54. The van der Waals surface area contributed by atoms with Gasteiger partial charge in [-0.2, -0.15) is 0 Å². The minimum absolute atomic E-state index is 0.140. The Hall–Kier alpha value is -1.55. The molecule has 21 heavy (non-hydrogen) atoms. The minimum atomic E-state index is 0.140. The lowest BCUT2D eigenvalue weighted by molar-refractivity contribution is -0.121. The third-order valence-corrected chi connectivity index (χ3v) is 4.03. The Kier molecular flexibility index (Phi) is 6.54. The number of ether oxygens (including phenoxy) is 1. The number of methoxy groups -OCH3 is 1. The fourth-order valence-electron chi connectivity index (χ4n) is 2.69. The summed E-state index contributed by atoms with van der Waals surface area (Å²) in [5.41, 5.74) is 1.17. The summed E-state index contributed by atoms with van der Waals surface area (Å²) in [4.78, 5) is 11.8. The summed E-state index contributed by atoms with van der Waals surface area (Å²) in [6, 6.07) is 8.47. The molecular weight excluding hydrogens is 264 g/mol. The Balaban J connectivity index is 1.60. The molecule has 1 fully saturated rings. The second-order valence-corrected chi connectivity index (χ2v) is 5.63. The normalized spacial score (nSPS) is 18.2. The van der Waals surface area contributed by atoms with Crippen LogP contribution in [0, 0.1) is 0 Å². The highest BCUT2D eigenvalue weighted by Gasteiger charge is 2.12. The van der Waals surface area contributed by atoms with E-state index in [4.69, 9.17) is 4.74 Å². The minimum Gasteiger partial charge on any atom is -0.497 e. The standard InChI is InChI=1S/C17H26N2O2/c1-21-16-8-5-14(6-9-16)7-10-17(20)19-13-11-15-4-2-3-12-18-15/h5-6,8-9,15,18H,2-4,7,10-13H2,1H3,(H,19,20). The maximum absolute atomic E-state index is 11.8. The van der Waals surface area contributed by atoms with Crippen molar-refractivity contribution in [2.24, 2.45) is 0 Å². The molecule has 1 atom stereocenters. The van der Waals surface area contributed by atoms with E-state index >= 15 is 0 Å². The number of rotatable bonds is 7. The summed E-state index contributed by atoms with van der Waals surface area (Å²) in [6.45, 7) is 1.90. The van der Waals surface area contributed by atoms with Gasteiger partial charge in [0.2, 0.25) is 5.91 Å². The molecule has 1 saturated heterocycles. The highest BCUT2D eigenvalue weighted by Crippen LogP contribution is 2.12. The fraction of sp³-hybridized carbons (Fsp3) is 0.588. The first-order chi connectivity index (χ1) is 10.3. The first-order valence-electron chi connectivity index (χ1n) is 7.91. The molecule has 1 amide bonds. The van der Waals surface area contributed by atoms with Crippen molar-refractivity contribution in [1.82, 2.24) is 10.6 Å². The zero-order valence-corrected chi connectivity index (χ0v) is 12.9. The lowest BCUT2D eigenvalue weighted by Crippen LogP contribution is -2.37. The number of hydrogen-bond donors (Lipinski definition) is 2. The van der Waals surface area contributed by atoms with E-state index in [9.17, 15) is 4.79 Å². The van der Waals surface area contributed by atoms with Crippen LogP contribution in [0.5, 0.6) is 5.75 Å². The summed E-state index contributed by atoms with van der Waals surface area (Å²) in [5, 5.41) is 6.52. The van der Waals surface area contributed by atoms with Crippen LogP contribution in [0.4, 0.5) is 0 Å². The molecule has 2 N–H and O–H groups in total. The van der Waals surface area contributed by atoms with Gasteiger partial charge in [-0.1, -0.05) is 18.6 Å². The number of carbonyl (C=O) groups excluding carboxylic acids is 1. The van der Waals surface area contributed by atoms with Crippen LogP contribution in [0.2, 0.25) is 0 Å². The van der Waals surface area contributed by atoms with Crippen molar-refractivity contribution in [2.45, 2.75) is 44.6 Å². The number of hydrogen-bond acceptors (Lipinski definition) is 3. The van der Waals surface area contributed by atoms with Crippen LogP contribution in [-0.2, 0) is 11.2 Å². The fourth-order valence-corrected chi connectivity index (χ4v) is 2.69. The van der Waals surface area contributed by atoms with Crippen LogP contribution >= 0.6 is 0 Å². The quantitative estimate of drug-likeness (QED) is 0.810. The predicted molar refractivity (Wildman–Crippen MR) is 84.6 cm³/mol. The van der Waals surface area contributed by atoms with Gasteiger partial charge in [-0.25, -0.2) is 0 Å². The SMILES string of the molecule is COc1ccc(CCC(=O)NCCC2CCCCN2)cc1. The monoisotopic (exact) mass is 290 g/mol. The van der Waals surface area contributed by atoms with Crippen LogP contribution in [0.15, 0.2) is 24.3 Å². The highest BCUT2D eigenvalue weighted by atomic mass is 16.5. The van der Waals surface area contributed by atoms with Gasteiger partial charge >= 0.3 is 0 Å². The van der Waals surface area contributed by atoms with E-state index < -0.39 is 0 Å². The molecule has 1 aliphatic heterocycles. The third kappa shape index (κ3) is 5.76. The van der Waals surface area contributed by atoms with Gasteiger partial charge in [0, 0.05) is 19.0 Å². The molecule has 4 heteroatoms. The number of benzene rings is 1. The molecule has 0 spiro atoms. The van der Waals surface area contributed by atoms with Crippen molar-refractivity contribution >= 4 is 5.91 Å². The Morgan fingerprint density at radius 2 is 2.14 bits per heavy atom. The second-order valence-electron chi connectivity index (χ2n) is 5.63. The molecule has 2 rings (SSSR count). The smallest absolute Gasteiger partial charge is 0.220 e. The summed E-state index contributed by atoms with van der Waals surface area (Å²) < 4.78 is 5.12. The van der Waals surface area contributed by atoms with E-state index in [0.29, 0.717) is 12.5 Å². The van der Waals surface area contributed by atoms with Crippen LogP contribution in [0.1, 0.15) is 37.7 Å². The van der Waals surface area contributed by atoms with Crippen molar-refractivity contribution in [3.63, 3.8) is 0 Å². The molecule has 0 aromatic heterocycles. The Bertz CT molecular complexity index is 425. The molecule has 0 radical (unpaired) electrons. The maximum Gasteiger partial charge on any atom is 0.220 e. The molecule has 1 heterocycles. The predicted octanol–water partition coefficient (Wildman–Crippen LogP) is 2.28. The van der Waals surface area contributed by atoms with Crippen molar-refractivity contribution < 1.29 is 9.53 Å². The largest absolute Gasteiger partial charge is 0.497 e. The molecule has 0 aliphatic carbocycles. The lowest BCUT2D eigenvalue weighted by atomic mass is 10.0. The zero-order valence-electron chi connectivity index (χ0n) is 12.9. The van der Waals surface area contributed by atoms with Crippen LogP contribution < -0.4 is 15.4 Å². The highest BCUT2D eigenvalue weighted by molar-refractivity contribution is 5.76. The summed E-state index contributed by atoms with van der Waals surface area (Å²) in [5.74, 6) is 0.991. The molecule has 116 valence electrons. The average molecular weight is 290 g/mol. The summed E-state index contributed by atoms with van der Waals surface area (Å²) in [6.07, 6.45) is 6.19. The first-order valence-corrected chi connectivity index (χ1v) is 7.91. The number of aryl methyl sites for hydroxylation is 1. The van der Waals surface area contributed by atoms with Crippen molar-refractivity contribution in [3.8, 4) is 5.75 Å². The molecule has 4 nitrogen and oxygen atoms in total. The second kappa shape index (κ2) is 8.67. The molecule has 1 unspecified atom stereocenters. The Morgan fingerprint density at radius 1 is 1.33 bits per heavy atom. The van der Waals surface area contributed by atoms with Crippen molar-refractivity contribution in [3.05, 3.63) is 29.8 Å². The third-order valence-electron chi connectivity index (χ3n) is 4.03. The topological polar surface area (TPSA) is 50.4 Å². The van der Waals surface area contributed by atoms with Gasteiger partial charge in [-0.3, -0.25) is 4.79 Å². The maximum atomic E-state index is 11.8. The summed E-state index contributed by atoms with van der Waals surface area (Å²) >= 11 is 0. The van der Waals surface area contributed by atoms with Gasteiger partial charge in [-0.15, -0.1) is 0 Å². The van der Waals surface area contributed by atoms with Gasteiger partial charge in [0.05, 0.1) is 7.11 Å². The number of nitrogens with one attached hydrogen (secondary N) is 2. The number of piperidine rings is 1. The molecular formula is C17H26N2O2. The molecule has 1 aromatic carbocycles. The number of amides is 1. The van der Waals surface area contributed by atoms with E-state index in [1.807, 2.05) is 24.3 Å². The molecule has 0 saturated carbocycles. The van der Waals surface area contributed by atoms with Crippen molar-refractivity contribution in [1.29, 1.82) is 0 Å². The van der Waals surface area contributed by atoms with Crippen molar-refractivity contribution in [2.75, 3.05) is 20.2 Å². The molecule has 1 aromatic rings. The molecule has 0 bridgehead atoms. The van der Waals surface area contributed by atoms with Gasteiger partial charge in [0.1, 0.15) is 5.75 Å². The van der Waals surface area contributed by atoms with E-state index in [1.54, 1.807) is 7.11 Å². The number of carbonyl (C=O) groups is 1. The first kappa shape index (κ1) is 15.8. The lowest BCUT2D eigenvalue weighted by Gasteiger charge is -2.23. The zero-order chi connectivity index (χ0) is 14.9. The molecule has 1 aliphatic rings. The van der Waals surface area contributed by atoms with Crippen LogP contribution in [0.3, 0.4) is 0 Å².